The highest BCUT2D eigenvalue weighted by molar-refractivity contribution is 9.10. The van der Waals surface area contributed by atoms with E-state index in [0.717, 1.165) is 22.3 Å². The predicted molar refractivity (Wildman–Crippen MR) is 108 cm³/mol. The molecule has 1 heterocycles. The molecule has 1 aliphatic rings. The van der Waals surface area contributed by atoms with Crippen LogP contribution in [-0.4, -0.2) is 20.6 Å². The maximum absolute atomic E-state index is 6.53. The summed E-state index contributed by atoms with van der Waals surface area (Å²) < 4.78 is 8.92. The molecule has 3 rings (SSSR count). The smallest absolute Gasteiger partial charge is 0.181 e. The molecule has 0 fully saturated rings. The van der Waals surface area contributed by atoms with Gasteiger partial charge in [-0.3, -0.25) is 0 Å². The summed E-state index contributed by atoms with van der Waals surface area (Å²) in [6.07, 6.45) is 12.1. The van der Waals surface area contributed by atoms with Crippen LogP contribution in [0.3, 0.4) is 0 Å². The van der Waals surface area contributed by atoms with E-state index in [-0.39, 0.29) is 5.92 Å². The molecule has 1 aromatic heterocycles. The quantitative estimate of drug-likeness (QED) is 0.218. The van der Waals surface area contributed by atoms with Crippen LogP contribution in [0.1, 0.15) is 6.42 Å². The van der Waals surface area contributed by atoms with Gasteiger partial charge in [0, 0.05) is 39.3 Å². The summed E-state index contributed by atoms with van der Waals surface area (Å²) in [5.41, 5.74) is 0. The molecule has 132 valence electrons. The second-order valence-electron chi connectivity index (χ2n) is 5.62. The number of imidazole rings is 1. The molecule has 0 bridgehead atoms. The fourth-order valence-corrected chi connectivity index (χ4v) is 4.56. The van der Waals surface area contributed by atoms with E-state index in [0.29, 0.717) is 11.0 Å². The van der Waals surface area contributed by atoms with Gasteiger partial charge in [0.2, 0.25) is 0 Å². The minimum Gasteiger partial charge on any atom is -0.341 e. The van der Waals surface area contributed by atoms with Crippen molar-refractivity contribution in [3.63, 3.8) is 0 Å². The monoisotopic (exact) mass is 458 g/mol. The molecule has 0 aliphatic heterocycles. The summed E-state index contributed by atoms with van der Waals surface area (Å²) in [4.78, 5) is 5.15. The summed E-state index contributed by atoms with van der Waals surface area (Å²) in [5, 5.41) is -0.278. The molecule has 0 amide bonds. The van der Waals surface area contributed by atoms with Gasteiger partial charge in [-0.25, -0.2) is 4.98 Å². The van der Waals surface area contributed by atoms with Gasteiger partial charge in [0.15, 0.2) is 5.06 Å². The fourth-order valence-electron chi connectivity index (χ4n) is 2.46. The molecule has 2 aromatic rings. The van der Waals surface area contributed by atoms with E-state index in [1.165, 1.54) is 0 Å². The third kappa shape index (κ3) is 5.38. The van der Waals surface area contributed by atoms with Crippen molar-refractivity contribution in [3.8, 4) is 0 Å². The maximum Gasteiger partial charge on any atom is 0.181 e. The number of nitrogens with zero attached hydrogens (tertiary/aromatic N) is 2. The molecular weight excluding hydrogens is 443 g/mol. The molecule has 0 N–H and O–H groups in total. The Hall–Kier alpha value is -0.720. The first-order valence-corrected chi connectivity index (χ1v) is 10.3. The lowest BCUT2D eigenvalue weighted by Crippen LogP contribution is -2.24. The topological polar surface area (TPSA) is 27.1 Å². The van der Waals surface area contributed by atoms with Gasteiger partial charge in [0.05, 0.1) is 12.3 Å². The van der Waals surface area contributed by atoms with E-state index in [1.807, 2.05) is 47.2 Å². The van der Waals surface area contributed by atoms with Crippen LogP contribution in [-0.2, 0) is 11.3 Å². The van der Waals surface area contributed by atoms with Crippen molar-refractivity contribution in [1.29, 1.82) is 0 Å². The van der Waals surface area contributed by atoms with E-state index in [2.05, 4.69) is 20.9 Å². The van der Waals surface area contributed by atoms with Crippen LogP contribution in [0, 0.1) is 5.92 Å². The summed E-state index contributed by atoms with van der Waals surface area (Å²) >= 11 is 18.1. The van der Waals surface area contributed by atoms with Crippen LogP contribution < -0.4 is 0 Å². The number of allylic oxidation sites excluding steroid dienone is 2. The van der Waals surface area contributed by atoms with Gasteiger partial charge >= 0.3 is 0 Å². The predicted octanol–water partition coefficient (Wildman–Crippen LogP) is 6.05. The highest BCUT2D eigenvalue weighted by Gasteiger charge is 2.28. The average Bonchev–Trinajstić information content (AvgIpc) is 3.09. The summed E-state index contributed by atoms with van der Waals surface area (Å²) in [5.74, 6) is 0.576. The van der Waals surface area contributed by atoms with Crippen molar-refractivity contribution < 1.29 is 4.74 Å². The van der Waals surface area contributed by atoms with Crippen molar-refractivity contribution >= 4 is 50.9 Å². The minimum atomic E-state index is -0.989. The molecule has 25 heavy (non-hydrogen) atoms. The standard InChI is InChI=1S/C18H17BrCl2N2OS/c19-15-3-1-2-4-17(15)25-13-24-18(21)7-5-14(16(20)11-18)6-9-23-10-8-22-12-23/h1-5,7-8,10-12,14H,6,9,13H2. The Balaban J connectivity index is 1.52. The van der Waals surface area contributed by atoms with Crippen molar-refractivity contribution in [3.05, 3.63) is 70.7 Å². The van der Waals surface area contributed by atoms with E-state index < -0.39 is 5.06 Å². The van der Waals surface area contributed by atoms with Gasteiger partial charge in [0.1, 0.15) is 0 Å². The molecule has 2 atom stereocenters. The molecule has 1 aliphatic carbocycles. The van der Waals surface area contributed by atoms with Crippen molar-refractivity contribution in [2.45, 2.75) is 22.9 Å². The second-order valence-corrected chi connectivity index (χ2v) is 8.46. The normalized spacial score (nSPS) is 22.8. The van der Waals surface area contributed by atoms with Gasteiger partial charge in [-0.2, -0.15) is 0 Å². The number of aromatic nitrogens is 2. The number of aryl methyl sites for hydroxylation is 1. The Bertz CT molecular complexity index is 766. The zero-order chi connectivity index (χ0) is 17.7. The van der Waals surface area contributed by atoms with Gasteiger partial charge in [0.25, 0.3) is 0 Å². The highest BCUT2D eigenvalue weighted by atomic mass is 79.9. The number of rotatable bonds is 7. The minimum absolute atomic E-state index is 0.149. The van der Waals surface area contributed by atoms with E-state index in [1.54, 1.807) is 30.4 Å². The van der Waals surface area contributed by atoms with Crippen LogP contribution in [0.15, 0.2) is 75.6 Å². The Morgan fingerprint density at radius 1 is 1.36 bits per heavy atom. The molecular formula is C18H17BrCl2N2OS. The largest absolute Gasteiger partial charge is 0.341 e. The number of benzene rings is 1. The van der Waals surface area contributed by atoms with E-state index in [9.17, 15) is 0 Å². The van der Waals surface area contributed by atoms with Crippen LogP contribution in [0.2, 0.25) is 0 Å². The van der Waals surface area contributed by atoms with Crippen molar-refractivity contribution in [1.82, 2.24) is 9.55 Å². The first kappa shape index (κ1) is 19.1. The van der Waals surface area contributed by atoms with Gasteiger partial charge < -0.3 is 9.30 Å². The lowest BCUT2D eigenvalue weighted by Gasteiger charge is -2.27. The number of thioether (sulfide) groups is 1. The van der Waals surface area contributed by atoms with Crippen LogP contribution in [0.4, 0.5) is 0 Å². The molecule has 0 radical (unpaired) electrons. The van der Waals surface area contributed by atoms with E-state index >= 15 is 0 Å². The van der Waals surface area contributed by atoms with E-state index in [4.69, 9.17) is 27.9 Å². The van der Waals surface area contributed by atoms with Crippen LogP contribution in [0.5, 0.6) is 0 Å². The lowest BCUT2D eigenvalue weighted by molar-refractivity contribution is 0.127. The molecule has 1 aromatic carbocycles. The lowest BCUT2D eigenvalue weighted by atomic mass is 9.98. The van der Waals surface area contributed by atoms with Gasteiger partial charge in [-0.1, -0.05) is 53.2 Å². The Labute approximate surface area is 170 Å². The first-order chi connectivity index (χ1) is 12.1. The zero-order valence-corrected chi connectivity index (χ0v) is 17.2. The molecule has 2 unspecified atom stereocenters. The SMILES string of the molecule is ClC1=CC(Cl)(OCSc2ccccc2Br)C=CC1CCn1ccnc1. The number of ether oxygens (including phenoxy) is 1. The summed E-state index contributed by atoms with van der Waals surface area (Å²) in [6, 6.07) is 8.01. The summed E-state index contributed by atoms with van der Waals surface area (Å²) in [7, 11) is 0. The molecule has 0 spiro atoms. The Morgan fingerprint density at radius 3 is 2.92 bits per heavy atom. The Morgan fingerprint density at radius 2 is 2.20 bits per heavy atom. The van der Waals surface area contributed by atoms with Crippen LogP contribution >= 0.6 is 50.9 Å². The Kier molecular flexibility index (Phi) is 6.69. The number of alkyl halides is 1. The molecule has 7 heteroatoms. The summed E-state index contributed by atoms with van der Waals surface area (Å²) in [6.45, 7) is 0.854. The van der Waals surface area contributed by atoms with Crippen LogP contribution in [0.25, 0.3) is 0 Å². The number of halogens is 3. The second kappa shape index (κ2) is 8.78. The number of hydrogen-bond donors (Lipinski definition) is 0. The highest BCUT2D eigenvalue weighted by Crippen LogP contribution is 2.36. The van der Waals surface area contributed by atoms with Crippen molar-refractivity contribution in [2.75, 3.05) is 5.94 Å². The fraction of sp³-hybridized carbons (Fsp3) is 0.278. The number of hydrogen-bond acceptors (Lipinski definition) is 3. The van der Waals surface area contributed by atoms with Gasteiger partial charge in [-0.05, 0) is 46.6 Å². The zero-order valence-electron chi connectivity index (χ0n) is 13.3. The molecule has 3 nitrogen and oxygen atoms in total. The average molecular weight is 460 g/mol. The first-order valence-electron chi connectivity index (χ1n) is 7.79. The molecule has 0 saturated heterocycles. The van der Waals surface area contributed by atoms with Gasteiger partial charge in [-0.15, -0.1) is 0 Å². The third-order valence-corrected chi connectivity index (χ3v) is 6.42. The van der Waals surface area contributed by atoms with Crippen molar-refractivity contribution in [2.24, 2.45) is 5.92 Å². The maximum atomic E-state index is 6.53. The molecule has 0 saturated carbocycles. The third-order valence-electron chi connectivity index (χ3n) is 3.83.